The fourth-order valence-electron chi connectivity index (χ4n) is 5.41. The number of benzene rings is 3. The summed E-state index contributed by atoms with van der Waals surface area (Å²) in [7, 11) is 0. The number of aromatic nitrogens is 2. The smallest absolute Gasteiger partial charge is 0.163 e. The van der Waals surface area contributed by atoms with Crippen LogP contribution in [0.25, 0.3) is 5.69 Å². The summed E-state index contributed by atoms with van der Waals surface area (Å²) in [5, 5.41) is 14.1. The van der Waals surface area contributed by atoms with E-state index >= 15 is 0 Å². The molecule has 0 fully saturated rings. The number of hydrogen-bond acceptors (Lipinski definition) is 5. The molecule has 38 heavy (non-hydrogen) atoms. The number of nitrogens with one attached hydrogen (secondary N) is 2. The number of hydrogen-bond donors (Lipinski definition) is 2. The summed E-state index contributed by atoms with van der Waals surface area (Å²) in [6.45, 7) is 6.36. The molecule has 2 aliphatic rings. The second kappa shape index (κ2) is 9.68. The van der Waals surface area contributed by atoms with Crippen LogP contribution in [0.5, 0.6) is 0 Å². The average Bonchev–Trinajstić information content (AvgIpc) is 3.10. The monoisotopic (exact) mass is 540 g/mol. The molecule has 4 aromatic rings. The summed E-state index contributed by atoms with van der Waals surface area (Å²) in [5.74, 6) is 0.170. The number of halogens is 1. The predicted octanol–water partition coefficient (Wildman–Crippen LogP) is 8.21. The van der Waals surface area contributed by atoms with Gasteiger partial charge in [-0.05, 0) is 67.3 Å². The van der Waals surface area contributed by atoms with Crippen molar-refractivity contribution in [1.29, 1.82) is 0 Å². The number of allylic oxidation sites excluding steroid dienone is 1. The Morgan fingerprint density at radius 2 is 1.63 bits per heavy atom. The lowest BCUT2D eigenvalue weighted by atomic mass is 9.73. The van der Waals surface area contributed by atoms with E-state index in [0.717, 1.165) is 55.9 Å². The third-order valence-corrected chi connectivity index (χ3v) is 8.45. The number of nitrogens with zero attached hydrogens (tertiary/aromatic N) is 2. The summed E-state index contributed by atoms with van der Waals surface area (Å²) in [5.41, 5.74) is 6.48. The number of aryl methyl sites for hydroxylation is 1. The zero-order valence-corrected chi connectivity index (χ0v) is 23.2. The SMILES string of the molecule is Cc1nn(-c2ccccc2)c(Sc2ccc(Cl)cc2)c1C1Nc2ccccc2NC2=C1C(=O)CC(C)(C)C2. The van der Waals surface area contributed by atoms with Crippen LogP contribution >= 0.6 is 23.4 Å². The highest BCUT2D eigenvalue weighted by molar-refractivity contribution is 7.99. The maximum Gasteiger partial charge on any atom is 0.163 e. The number of rotatable bonds is 4. The first-order chi connectivity index (χ1) is 18.3. The first kappa shape index (κ1) is 24.8. The molecular weight excluding hydrogens is 512 g/mol. The molecule has 0 saturated carbocycles. The van der Waals surface area contributed by atoms with E-state index in [0.29, 0.717) is 11.4 Å². The lowest BCUT2D eigenvalue weighted by molar-refractivity contribution is -0.118. The Bertz CT molecular complexity index is 1560. The molecule has 5 nitrogen and oxygen atoms in total. The average molecular weight is 541 g/mol. The fourth-order valence-corrected chi connectivity index (χ4v) is 6.64. The minimum Gasteiger partial charge on any atom is -0.372 e. The highest BCUT2D eigenvalue weighted by Gasteiger charge is 2.40. The van der Waals surface area contributed by atoms with Gasteiger partial charge in [0.1, 0.15) is 5.03 Å². The largest absolute Gasteiger partial charge is 0.372 e. The van der Waals surface area contributed by atoms with Gasteiger partial charge < -0.3 is 10.6 Å². The molecular formula is C31H29ClN4OS. The molecule has 2 heterocycles. The minimum absolute atomic E-state index is 0.114. The Morgan fingerprint density at radius 1 is 0.947 bits per heavy atom. The van der Waals surface area contributed by atoms with Crippen LogP contribution in [0.15, 0.2) is 100 Å². The second-order valence-corrected chi connectivity index (χ2v) is 12.2. The standard InChI is InChI=1S/C31H29ClN4OS/c1-19-27(30(38-22-15-13-20(32)14-16-22)36(35-19)21-9-5-4-6-10-21)29-28-25(17-31(2,3)18-26(28)37)33-23-11-7-8-12-24(23)34-29/h4-16,29,33-34H,17-18H2,1-3H3. The van der Waals surface area contributed by atoms with Gasteiger partial charge in [0.05, 0.1) is 28.8 Å². The van der Waals surface area contributed by atoms with E-state index in [1.165, 1.54) is 0 Å². The highest BCUT2D eigenvalue weighted by atomic mass is 35.5. The number of fused-ring (bicyclic) bond motifs is 1. The van der Waals surface area contributed by atoms with Gasteiger partial charge >= 0.3 is 0 Å². The molecule has 0 radical (unpaired) electrons. The third-order valence-electron chi connectivity index (χ3n) is 7.10. The van der Waals surface area contributed by atoms with Crippen LogP contribution < -0.4 is 10.6 Å². The van der Waals surface area contributed by atoms with Gasteiger partial charge in [0.2, 0.25) is 0 Å². The number of ketones is 1. The summed E-state index contributed by atoms with van der Waals surface area (Å²) in [6.07, 6.45) is 1.31. The van der Waals surface area contributed by atoms with E-state index in [9.17, 15) is 4.79 Å². The Kier molecular flexibility index (Phi) is 6.33. The van der Waals surface area contributed by atoms with Gasteiger partial charge in [-0.25, -0.2) is 4.68 Å². The van der Waals surface area contributed by atoms with Crippen molar-refractivity contribution in [3.8, 4) is 5.69 Å². The lowest BCUT2D eigenvalue weighted by Crippen LogP contribution is -2.31. The topological polar surface area (TPSA) is 59.0 Å². The zero-order valence-electron chi connectivity index (χ0n) is 21.6. The lowest BCUT2D eigenvalue weighted by Gasteiger charge is -2.34. The zero-order chi connectivity index (χ0) is 26.4. The Labute approximate surface area is 232 Å². The number of Topliss-reactive ketones (excluding diaryl/α,β-unsaturated/α-hetero) is 1. The van der Waals surface area contributed by atoms with Crippen molar-refractivity contribution in [3.63, 3.8) is 0 Å². The molecule has 7 heteroatoms. The maximum atomic E-state index is 13.8. The number of carbonyl (C=O) groups is 1. The van der Waals surface area contributed by atoms with E-state index in [1.54, 1.807) is 11.8 Å². The third kappa shape index (κ3) is 4.63. The second-order valence-electron chi connectivity index (χ2n) is 10.7. The molecule has 0 spiro atoms. The van der Waals surface area contributed by atoms with E-state index in [2.05, 4.69) is 48.7 Å². The summed E-state index contributed by atoms with van der Waals surface area (Å²) >= 11 is 7.83. The van der Waals surface area contributed by atoms with Crippen molar-refractivity contribution >= 4 is 40.5 Å². The van der Waals surface area contributed by atoms with E-state index in [4.69, 9.17) is 16.7 Å². The van der Waals surface area contributed by atoms with E-state index < -0.39 is 0 Å². The van der Waals surface area contributed by atoms with Gasteiger partial charge in [0, 0.05) is 33.2 Å². The number of para-hydroxylation sites is 3. The van der Waals surface area contributed by atoms with Gasteiger partial charge in [0.25, 0.3) is 0 Å². The molecule has 1 aliphatic carbocycles. The van der Waals surface area contributed by atoms with Crippen molar-refractivity contribution in [1.82, 2.24) is 9.78 Å². The number of anilines is 2. The normalized spacial score (nSPS) is 18.2. The van der Waals surface area contributed by atoms with Crippen LogP contribution in [0.1, 0.15) is 44.0 Å². The molecule has 3 aromatic carbocycles. The van der Waals surface area contributed by atoms with Crippen LogP contribution in [0.4, 0.5) is 11.4 Å². The Hall–Kier alpha value is -3.48. The first-order valence-corrected chi connectivity index (χ1v) is 14.0. The van der Waals surface area contributed by atoms with Crippen LogP contribution in [0.2, 0.25) is 5.02 Å². The van der Waals surface area contributed by atoms with Crippen molar-refractivity contribution in [3.05, 3.63) is 106 Å². The molecule has 2 N–H and O–H groups in total. The fraction of sp³-hybridized carbons (Fsp3) is 0.226. The molecule has 1 unspecified atom stereocenters. The van der Waals surface area contributed by atoms with E-state index in [1.807, 2.05) is 66.2 Å². The van der Waals surface area contributed by atoms with Crippen molar-refractivity contribution in [2.45, 2.75) is 49.6 Å². The van der Waals surface area contributed by atoms with Crippen molar-refractivity contribution in [2.24, 2.45) is 5.41 Å². The van der Waals surface area contributed by atoms with Crippen LogP contribution in [0, 0.1) is 12.3 Å². The quantitative estimate of drug-likeness (QED) is 0.273. The molecule has 1 atom stereocenters. The van der Waals surface area contributed by atoms with E-state index in [-0.39, 0.29) is 17.2 Å². The van der Waals surface area contributed by atoms with Gasteiger partial charge in [-0.3, -0.25) is 4.79 Å². The molecule has 0 bridgehead atoms. The first-order valence-electron chi connectivity index (χ1n) is 12.8. The maximum absolute atomic E-state index is 13.8. The minimum atomic E-state index is -0.350. The van der Waals surface area contributed by atoms with Gasteiger partial charge in [0.15, 0.2) is 5.78 Å². The highest BCUT2D eigenvalue weighted by Crippen LogP contribution is 2.48. The van der Waals surface area contributed by atoms with Crippen molar-refractivity contribution < 1.29 is 4.79 Å². The molecule has 6 rings (SSSR count). The van der Waals surface area contributed by atoms with Gasteiger partial charge in [-0.2, -0.15) is 5.10 Å². The molecule has 1 aliphatic heterocycles. The Balaban J connectivity index is 1.58. The molecule has 0 saturated heterocycles. The summed E-state index contributed by atoms with van der Waals surface area (Å²) in [4.78, 5) is 14.9. The number of carbonyl (C=O) groups excluding carboxylic acids is 1. The van der Waals surface area contributed by atoms with Crippen molar-refractivity contribution in [2.75, 3.05) is 10.6 Å². The van der Waals surface area contributed by atoms with Crippen LogP contribution in [0.3, 0.4) is 0 Å². The van der Waals surface area contributed by atoms with Gasteiger partial charge in [-0.1, -0.05) is 67.5 Å². The predicted molar refractivity (Wildman–Crippen MR) is 155 cm³/mol. The summed E-state index contributed by atoms with van der Waals surface area (Å²) in [6, 6.07) is 25.8. The Morgan fingerprint density at radius 3 is 2.37 bits per heavy atom. The molecule has 1 aromatic heterocycles. The van der Waals surface area contributed by atoms with Gasteiger partial charge in [-0.15, -0.1) is 0 Å². The van der Waals surface area contributed by atoms with Crippen LogP contribution in [-0.2, 0) is 4.79 Å². The summed E-state index contributed by atoms with van der Waals surface area (Å²) < 4.78 is 1.99. The molecule has 0 amide bonds. The van der Waals surface area contributed by atoms with Crippen LogP contribution in [-0.4, -0.2) is 15.6 Å². The molecule has 192 valence electrons.